The quantitative estimate of drug-likeness (QED) is 0.523. The highest BCUT2D eigenvalue weighted by atomic mass is 35.5. The first-order valence-corrected chi connectivity index (χ1v) is 8.55. The van der Waals surface area contributed by atoms with Gasteiger partial charge in [0, 0.05) is 11.1 Å². The average molecular weight is 296 g/mol. The summed E-state index contributed by atoms with van der Waals surface area (Å²) in [5.41, 5.74) is 1.37. The molecule has 1 unspecified atom stereocenters. The molecule has 0 heterocycles. The van der Waals surface area contributed by atoms with E-state index in [0.717, 1.165) is 11.4 Å². The summed E-state index contributed by atoms with van der Waals surface area (Å²) in [4.78, 5) is 0. The number of benzene rings is 1. The largest absolute Gasteiger partial charge is 0.317 e. The van der Waals surface area contributed by atoms with Gasteiger partial charge in [-0.05, 0) is 37.6 Å². The summed E-state index contributed by atoms with van der Waals surface area (Å²) < 4.78 is 0. The van der Waals surface area contributed by atoms with Crippen molar-refractivity contribution < 1.29 is 0 Å². The molecule has 0 spiro atoms. The molecule has 0 aromatic heterocycles. The van der Waals surface area contributed by atoms with Crippen LogP contribution < -0.4 is 5.32 Å². The zero-order chi connectivity index (χ0) is 14.6. The van der Waals surface area contributed by atoms with Crippen molar-refractivity contribution in [2.45, 2.75) is 70.8 Å². The van der Waals surface area contributed by atoms with Crippen molar-refractivity contribution in [1.82, 2.24) is 5.32 Å². The summed E-state index contributed by atoms with van der Waals surface area (Å²) >= 11 is 5.92. The van der Waals surface area contributed by atoms with Crippen LogP contribution in [0.1, 0.15) is 63.9 Å². The molecule has 20 heavy (non-hydrogen) atoms. The molecule has 0 saturated carbocycles. The molecule has 114 valence electrons. The van der Waals surface area contributed by atoms with Crippen LogP contribution in [0, 0.1) is 0 Å². The van der Waals surface area contributed by atoms with Crippen LogP contribution in [0.5, 0.6) is 0 Å². The van der Waals surface area contributed by atoms with Gasteiger partial charge in [-0.1, -0.05) is 75.6 Å². The number of nitrogens with one attached hydrogen (secondary N) is 1. The van der Waals surface area contributed by atoms with Crippen molar-refractivity contribution in [3.63, 3.8) is 0 Å². The van der Waals surface area contributed by atoms with E-state index in [0.29, 0.717) is 6.04 Å². The van der Waals surface area contributed by atoms with Crippen molar-refractivity contribution in [2.24, 2.45) is 0 Å². The molecule has 0 fully saturated rings. The molecule has 2 heteroatoms. The van der Waals surface area contributed by atoms with Gasteiger partial charge in [0.2, 0.25) is 0 Å². The molecular formula is C18H30ClN. The van der Waals surface area contributed by atoms with E-state index in [1.54, 1.807) is 0 Å². The van der Waals surface area contributed by atoms with E-state index in [-0.39, 0.29) is 0 Å². The fourth-order valence-corrected chi connectivity index (χ4v) is 2.73. The lowest BCUT2D eigenvalue weighted by atomic mass is 9.99. The van der Waals surface area contributed by atoms with Gasteiger partial charge in [-0.25, -0.2) is 0 Å². The standard InChI is InChI=1S/C18H30ClN/c1-3-4-5-6-7-8-9-10-18(20-2)15-16-11-13-17(19)14-12-16/h11-14,18,20H,3-10,15H2,1-2H3. The van der Waals surface area contributed by atoms with Gasteiger partial charge < -0.3 is 5.32 Å². The van der Waals surface area contributed by atoms with Gasteiger partial charge in [-0.3, -0.25) is 0 Å². The lowest BCUT2D eigenvalue weighted by Gasteiger charge is -2.16. The molecule has 1 aromatic rings. The van der Waals surface area contributed by atoms with Gasteiger partial charge in [0.05, 0.1) is 0 Å². The molecule has 0 saturated heterocycles. The summed E-state index contributed by atoms with van der Waals surface area (Å²) in [6, 6.07) is 8.83. The van der Waals surface area contributed by atoms with Gasteiger partial charge in [0.15, 0.2) is 0 Å². The van der Waals surface area contributed by atoms with Crippen LogP contribution in [0.4, 0.5) is 0 Å². The molecule has 0 aliphatic heterocycles. The first-order chi connectivity index (χ1) is 9.76. The minimum absolute atomic E-state index is 0.590. The molecule has 1 N–H and O–H groups in total. The predicted molar refractivity (Wildman–Crippen MR) is 90.6 cm³/mol. The second-order valence-corrected chi connectivity index (χ2v) is 6.16. The normalized spacial score (nSPS) is 12.6. The van der Waals surface area contributed by atoms with Gasteiger partial charge in [-0.2, -0.15) is 0 Å². The first-order valence-electron chi connectivity index (χ1n) is 8.18. The van der Waals surface area contributed by atoms with Crippen molar-refractivity contribution in [3.05, 3.63) is 34.9 Å². The van der Waals surface area contributed by atoms with E-state index in [2.05, 4.69) is 31.4 Å². The second kappa shape index (κ2) is 11.2. The number of rotatable bonds is 11. The van der Waals surface area contributed by atoms with Crippen LogP contribution in [0.2, 0.25) is 5.02 Å². The minimum atomic E-state index is 0.590. The number of hydrogen-bond acceptors (Lipinski definition) is 1. The lowest BCUT2D eigenvalue weighted by Crippen LogP contribution is -2.27. The summed E-state index contributed by atoms with van der Waals surface area (Å²) in [7, 11) is 2.07. The molecule has 1 nitrogen and oxygen atoms in total. The Hall–Kier alpha value is -0.530. The van der Waals surface area contributed by atoms with Crippen LogP contribution in [0.25, 0.3) is 0 Å². The Balaban J connectivity index is 2.14. The van der Waals surface area contributed by atoms with E-state index in [4.69, 9.17) is 11.6 Å². The maximum absolute atomic E-state index is 5.92. The molecule has 1 rings (SSSR count). The Morgan fingerprint density at radius 3 is 2.15 bits per heavy atom. The molecular weight excluding hydrogens is 266 g/mol. The Labute approximate surface area is 130 Å². The van der Waals surface area contributed by atoms with Crippen molar-refractivity contribution >= 4 is 11.6 Å². The number of unbranched alkanes of at least 4 members (excludes halogenated alkanes) is 6. The van der Waals surface area contributed by atoms with E-state index in [1.807, 2.05) is 12.1 Å². The molecule has 0 aliphatic carbocycles. The van der Waals surface area contributed by atoms with E-state index >= 15 is 0 Å². The highest BCUT2D eigenvalue weighted by Gasteiger charge is 2.07. The summed E-state index contributed by atoms with van der Waals surface area (Å²) in [5.74, 6) is 0. The highest BCUT2D eigenvalue weighted by molar-refractivity contribution is 6.30. The number of hydrogen-bond donors (Lipinski definition) is 1. The van der Waals surface area contributed by atoms with E-state index in [9.17, 15) is 0 Å². The van der Waals surface area contributed by atoms with Gasteiger partial charge in [0.25, 0.3) is 0 Å². The minimum Gasteiger partial charge on any atom is -0.317 e. The molecule has 0 aliphatic rings. The monoisotopic (exact) mass is 295 g/mol. The third-order valence-corrected chi connectivity index (χ3v) is 4.21. The Bertz CT molecular complexity index is 334. The average Bonchev–Trinajstić information content (AvgIpc) is 2.47. The van der Waals surface area contributed by atoms with Crippen LogP contribution in [0.3, 0.4) is 0 Å². The van der Waals surface area contributed by atoms with Crippen LogP contribution in [0.15, 0.2) is 24.3 Å². The Morgan fingerprint density at radius 2 is 1.55 bits per heavy atom. The second-order valence-electron chi connectivity index (χ2n) is 5.73. The zero-order valence-corrected chi connectivity index (χ0v) is 13.9. The van der Waals surface area contributed by atoms with Crippen LogP contribution >= 0.6 is 11.6 Å². The third-order valence-electron chi connectivity index (χ3n) is 3.96. The molecule has 0 radical (unpaired) electrons. The third kappa shape index (κ3) is 7.91. The van der Waals surface area contributed by atoms with Gasteiger partial charge in [0.1, 0.15) is 0 Å². The van der Waals surface area contributed by atoms with Crippen molar-refractivity contribution in [3.8, 4) is 0 Å². The molecule has 0 amide bonds. The van der Waals surface area contributed by atoms with E-state index in [1.165, 1.54) is 56.9 Å². The number of halogens is 1. The van der Waals surface area contributed by atoms with Crippen LogP contribution in [-0.2, 0) is 6.42 Å². The maximum atomic E-state index is 5.92. The zero-order valence-electron chi connectivity index (χ0n) is 13.1. The first kappa shape index (κ1) is 17.5. The lowest BCUT2D eigenvalue weighted by molar-refractivity contribution is 0.478. The summed E-state index contributed by atoms with van der Waals surface area (Å²) in [6.07, 6.45) is 12.0. The number of likely N-dealkylation sites (N-methyl/N-ethyl adjacent to an activating group) is 1. The maximum Gasteiger partial charge on any atom is 0.0406 e. The Kier molecular flexibility index (Phi) is 9.78. The topological polar surface area (TPSA) is 12.0 Å². The fraction of sp³-hybridized carbons (Fsp3) is 0.667. The van der Waals surface area contributed by atoms with Gasteiger partial charge in [-0.15, -0.1) is 0 Å². The molecule has 1 atom stereocenters. The van der Waals surface area contributed by atoms with Crippen molar-refractivity contribution in [1.29, 1.82) is 0 Å². The SMILES string of the molecule is CCCCCCCCCC(Cc1ccc(Cl)cc1)NC. The highest BCUT2D eigenvalue weighted by Crippen LogP contribution is 2.14. The summed E-state index contributed by atoms with van der Waals surface area (Å²) in [6.45, 7) is 2.27. The molecule has 0 bridgehead atoms. The van der Waals surface area contributed by atoms with Crippen LogP contribution in [-0.4, -0.2) is 13.1 Å². The fourth-order valence-electron chi connectivity index (χ4n) is 2.60. The predicted octanol–water partition coefficient (Wildman–Crippen LogP) is 5.61. The molecule has 1 aromatic carbocycles. The smallest absolute Gasteiger partial charge is 0.0406 e. The van der Waals surface area contributed by atoms with Crippen molar-refractivity contribution in [2.75, 3.05) is 7.05 Å². The van der Waals surface area contributed by atoms with Gasteiger partial charge >= 0.3 is 0 Å². The Morgan fingerprint density at radius 1 is 0.950 bits per heavy atom. The summed E-state index contributed by atoms with van der Waals surface area (Å²) in [5, 5.41) is 4.26. The van der Waals surface area contributed by atoms with E-state index < -0.39 is 0 Å².